The summed E-state index contributed by atoms with van der Waals surface area (Å²) in [4.78, 5) is 0. The zero-order valence-corrected chi connectivity index (χ0v) is 8.93. The van der Waals surface area contributed by atoms with E-state index < -0.39 is 0 Å². The van der Waals surface area contributed by atoms with Gasteiger partial charge in [0.2, 0.25) is 0 Å². The fourth-order valence-corrected chi connectivity index (χ4v) is 1.46. The third-order valence-corrected chi connectivity index (χ3v) is 2.39. The number of benzene rings is 2. The molecule has 0 bridgehead atoms. The van der Waals surface area contributed by atoms with Crippen LogP contribution in [0.1, 0.15) is 11.1 Å². The van der Waals surface area contributed by atoms with Gasteiger partial charge in [0, 0.05) is 11.4 Å². The van der Waals surface area contributed by atoms with Crippen LogP contribution in [0.15, 0.2) is 48.5 Å². The number of rotatable bonds is 2. The van der Waals surface area contributed by atoms with E-state index in [0.29, 0.717) is 0 Å². The zero-order valence-electron chi connectivity index (χ0n) is 8.93. The Balaban J connectivity index is 2.21. The van der Waals surface area contributed by atoms with E-state index in [1.54, 1.807) is 0 Å². The van der Waals surface area contributed by atoms with Gasteiger partial charge in [0.25, 0.3) is 0 Å². The maximum atomic E-state index is 5.84. The van der Waals surface area contributed by atoms with E-state index in [1.807, 2.05) is 60.7 Å². The van der Waals surface area contributed by atoms with E-state index in [4.69, 9.17) is 11.5 Å². The van der Waals surface area contributed by atoms with Crippen molar-refractivity contribution in [2.24, 2.45) is 0 Å². The summed E-state index contributed by atoms with van der Waals surface area (Å²) in [5, 5.41) is 0. The summed E-state index contributed by atoms with van der Waals surface area (Å²) in [5.74, 6) is 0. The maximum absolute atomic E-state index is 5.84. The Kier molecular flexibility index (Phi) is 2.92. The van der Waals surface area contributed by atoms with Crippen LogP contribution < -0.4 is 11.5 Å². The summed E-state index contributed by atoms with van der Waals surface area (Å²) in [7, 11) is 0. The molecule has 0 heterocycles. The van der Waals surface area contributed by atoms with Gasteiger partial charge in [-0.25, -0.2) is 0 Å². The molecule has 2 aromatic carbocycles. The van der Waals surface area contributed by atoms with Crippen molar-refractivity contribution < 1.29 is 0 Å². The monoisotopic (exact) mass is 210 g/mol. The summed E-state index contributed by atoms with van der Waals surface area (Å²) >= 11 is 0. The van der Waals surface area contributed by atoms with Gasteiger partial charge in [-0.15, -0.1) is 0 Å². The highest BCUT2D eigenvalue weighted by molar-refractivity contribution is 5.75. The molecule has 2 aromatic rings. The lowest BCUT2D eigenvalue weighted by molar-refractivity contribution is 1.63. The van der Waals surface area contributed by atoms with Gasteiger partial charge in [-0.2, -0.15) is 0 Å². The van der Waals surface area contributed by atoms with Gasteiger partial charge in [0.15, 0.2) is 0 Å². The molecule has 0 fully saturated rings. The Morgan fingerprint density at radius 3 is 2.12 bits per heavy atom. The SMILES string of the molecule is Nc1ccc(/C=C/c2ccccc2N)cc1. The molecule has 0 aliphatic carbocycles. The molecule has 16 heavy (non-hydrogen) atoms. The largest absolute Gasteiger partial charge is 0.399 e. The quantitative estimate of drug-likeness (QED) is 0.591. The highest BCUT2D eigenvalue weighted by atomic mass is 14.5. The predicted molar refractivity (Wildman–Crippen MR) is 70.6 cm³/mol. The fraction of sp³-hybridized carbons (Fsp3) is 0. The molecule has 0 saturated heterocycles. The first-order valence-corrected chi connectivity index (χ1v) is 5.14. The Morgan fingerprint density at radius 2 is 1.44 bits per heavy atom. The van der Waals surface area contributed by atoms with Gasteiger partial charge >= 0.3 is 0 Å². The minimum atomic E-state index is 0.774. The Bertz CT molecular complexity index is 498. The number of para-hydroxylation sites is 1. The van der Waals surface area contributed by atoms with Crippen molar-refractivity contribution in [1.29, 1.82) is 0 Å². The van der Waals surface area contributed by atoms with Crippen molar-refractivity contribution in [2.45, 2.75) is 0 Å². The summed E-state index contributed by atoms with van der Waals surface area (Å²) in [6.45, 7) is 0. The first-order valence-electron chi connectivity index (χ1n) is 5.14. The number of anilines is 2. The van der Waals surface area contributed by atoms with Crippen LogP contribution in [0.5, 0.6) is 0 Å². The first-order chi connectivity index (χ1) is 7.75. The van der Waals surface area contributed by atoms with Crippen LogP contribution in [0.2, 0.25) is 0 Å². The summed E-state index contributed by atoms with van der Waals surface area (Å²) in [6, 6.07) is 15.5. The number of hydrogen-bond acceptors (Lipinski definition) is 2. The molecule has 2 nitrogen and oxygen atoms in total. The standard InChI is InChI=1S/C14H14N2/c15-13-9-6-11(7-10-13)5-8-12-3-1-2-4-14(12)16/h1-10H,15-16H2/b8-5+. The fourth-order valence-electron chi connectivity index (χ4n) is 1.46. The molecule has 0 spiro atoms. The minimum absolute atomic E-state index is 0.774. The molecule has 0 unspecified atom stereocenters. The lowest BCUT2D eigenvalue weighted by atomic mass is 10.1. The van der Waals surface area contributed by atoms with Crippen molar-refractivity contribution in [2.75, 3.05) is 11.5 Å². The highest BCUT2D eigenvalue weighted by Crippen LogP contribution is 2.15. The van der Waals surface area contributed by atoms with Gasteiger partial charge in [0.1, 0.15) is 0 Å². The molecule has 80 valence electrons. The number of hydrogen-bond donors (Lipinski definition) is 2. The molecule has 2 heteroatoms. The maximum Gasteiger partial charge on any atom is 0.0387 e. The second-order valence-corrected chi connectivity index (χ2v) is 3.63. The van der Waals surface area contributed by atoms with Crippen LogP contribution in [0.3, 0.4) is 0 Å². The highest BCUT2D eigenvalue weighted by Gasteiger charge is 1.92. The third kappa shape index (κ3) is 2.42. The molecule has 0 atom stereocenters. The molecule has 2 rings (SSSR count). The molecule has 0 aliphatic heterocycles. The second kappa shape index (κ2) is 4.53. The van der Waals surface area contributed by atoms with Gasteiger partial charge < -0.3 is 11.5 Å². The molecular weight excluding hydrogens is 196 g/mol. The van der Waals surface area contributed by atoms with E-state index in [0.717, 1.165) is 22.5 Å². The Morgan fingerprint density at radius 1 is 0.750 bits per heavy atom. The van der Waals surface area contributed by atoms with Crippen LogP contribution in [-0.2, 0) is 0 Å². The first kappa shape index (κ1) is 10.3. The summed E-state index contributed by atoms with van der Waals surface area (Å²) in [6.07, 6.45) is 4.02. The molecule has 0 aromatic heterocycles. The molecule has 0 aliphatic rings. The summed E-state index contributed by atoms with van der Waals surface area (Å²) in [5.41, 5.74) is 15.1. The van der Waals surface area contributed by atoms with Crippen molar-refractivity contribution >= 4 is 23.5 Å². The average molecular weight is 210 g/mol. The van der Waals surface area contributed by atoms with Gasteiger partial charge in [-0.1, -0.05) is 42.5 Å². The Hall–Kier alpha value is -2.22. The van der Waals surface area contributed by atoms with Crippen LogP contribution in [-0.4, -0.2) is 0 Å². The van der Waals surface area contributed by atoms with Crippen molar-refractivity contribution in [3.63, 3.8) is 0 Å². The van der Waals surface area contributed by atoms with Crippen LogP contribution in [0, 0.1) is 0 Å². The van der Waals surface area contributed by atoms with Crippen LogP contribution in [0.25, 0.3) is 12.2 Å². The molecule has 0 amide bonds. The third-order valence-electron chi connectivity index (χ3n) is 2.39. The van der Waals surface area contributed by atoms with Crippen molar-refractivity contribution in [3.05, 3.63) is 59.7 Å². The zero-order chi connectivity index (χ0) is 11.4. The van der Waals surface area contributed by atoms with E-state index >= 15 is 0 Å². The predicted octanol–water partition coefficient (Wildman–Crippen LogP) is 3.02. The van der Waals surface area contributed by atoms with E-state index in [2.05, 4.69) is 0 Å². The van der Waals surface area contributed by atoms with Crippen molar-refractivity contribution in [3.8, 4) is 0 Å². The Labute approximate surface area is 95.2 Å². The van der Waals surface area contributed by atoms with Gasteiger partial charge in [0.05, 0.1) is 0 Å². The van der Waals surface area contributed by atoms with Gasteiger partial charge in [-0.05, 0) is 29.3 Å². The van der Waals surface area contributed by atoms with E-state index in [9.17, 15) is 0 Å². The molecular formula is C14H14N2. The lowest BCUT2D eigenvalue weighted by Gasteiger charge is -1.99. The topological polar surface area (TPSA) is 52.0 Å². The molecule has 0 radical (unpaired) electrons. The van der Waals surface area contributed by atoms with E-state index in [1.165, 1.54) is 0 Å². The molecule has 0 saturated carbocycles. The minimum Gasteiger partial charge on any atom is -0.399 e. The number of nitrogen functional groups attached to an aromatic ring is 2. The normalized spacial score (nSPS) is 10.8. The lowest BCUT2D eigenvalue weighted by Crippen LogP contribution is -1.87. The van der Waals surface area contributed by atoms with Crippen LogP contribution >= 0.6 is 0 Å². The second-order valence-electron chi connectivity index (χ2n) is 3.63. The molecule has 4 N–H and O–H groups in total. The smallest absolute Gasteiger partial charge is 0.0387 e. The number of nitrogens with two attached hydrogens (primary N) is 2. The van der Waals surface area contributed by atoms with E-state index in [-0.39, 0.29) is 0 Å². The van der Waals surface area contributed by atoms with Crippen LogP contribution in [0.4, 0.5) is 11.4 Å². The summed E-state index contributed by atoms with van der Waals surface area (Å²) < 4.78 is 0. The van der Waals surface area contributed by atoms with Gasteiger partial charge in [-0.3, -0.25) is 0 Å². The average Bonchev–Trinajstić information content (AvgIpc) is 2.30. The van der Waals surface area contributed by atoms with Crippen molar-refractivity contribution in [1.82, 2.24) is 0 Å².